The molecule has 0 N–H and O–H groups in total. The number of allylic oxidation sites excluding steroid dienone is 3. The number of ether oxygens (including phenoxy) is 2. The Balaban J connectivity index is 0.000000183. The number of ketones is 1. The predicted octanol–water partition coefficient (Wildman–Crippen LogP) is 1.52. The zero-order chi connectivity index (χ0) is 28.4. The van der Waals surface area contributed by atoms with Crippen LogP contribution in [0.5, 0.6) is 0 Å². The van der Waals surface area contributed by atoms with Gasteiger partial charge in [-0.1, -0.05) is 12.2 Å². The fourth-order valence-corrected chi connectivity index (χ4v) is 5.87. The van der Waals surface area contributed by atoms with Crippen molar-refractivity contribution in [2.24, 2.45) is 0 Å². The normalized spacial score (nSPS) is 19.7. The van der Waals surface area contributed by atoms with E-state index in [0.717, 1.165) is 40.5 Å². The Bertz CT molecular complexity index is 1480. The summed E-state index contributed by atoms with van der Waals surface area (Å²) in [5.41, 5.74) is 3.27. The molecule has 0 aromatic carbocycles. The standard InChI is InChI=1S/C13H19N3O4S.C11H15N3O3S/c1-15(2)21(17,18)16-9-12(14-10-16)11-3-5-13(6-4-11)19-7-8-20-13;1-13(2)18(16,17)14-7-11(12-8-14)9-3-5-10(15)6-4-9/h3,9-10H,4-8H2,1-2H3;3,7-8H,4-6H2,1-2H3. The molecule has 0 unspecified atom stereocenters. The van der Waals surface area contributed by atoms with Gasteiger partial charge in [0.1, 0.15) is 18.4 Å². The van der Waals surface area contributed by atoms with Gasteiger partial charge < -0.3 is 9.47 Å². The van der Waals surface area contributed by atoms with E-state index in [-0.39, 0.29) is 5.78 Å². The highest BCUT2D eigenvalue weighted by Gasteiger charge is 2.38. The molecular weight excluding hydrogens is 548 g/mol. The molecule has 0 bridgehead atoms. The third-order valence-corrected chi connectivity index (χ3v) is 10.0. The third-order valence-electron chi connectivity index (χ3n) is 6.73. The molecule has 0 radical (unpaired) electrons. The van der Waals surface area contributed by atoms with E-state index in [1.54, 1.807) is 6.20 Å². The van der Waals surface area contributed by atoms with Crippen LogP contribution in [0.1, 0.15) is 49.9 Å². The lowest BCUT2D eigenvalue weighted by Crippen LogP contribution is -2.31. The van der Waals surface area contributed by atoms with Crippen molar-refractivity contribution < 1.29 is 31.1 Å². The molecule has 2 aliphatic carbocycles. The summed E-state index contributed by atoms with van der Waals surface area (Å²) in [5, 5.41) is 0. The predicted molar refractivity (Wildman–Crippen MR) is 144 cm³/mol. The van der Waals surface area contributed by atoms with Crippen LogP contribution < -0.4 is 0 Å². The van der Waals surface area contributed by atoms with Crippen molar-refractivity contribution in [3.63, 3.8) is 0 Å². The molecule has 39 heavy (non-hydrogen) atoms. The molecule has 2 aromatic rings. The van der Waals surface area contributed by atoms with E-state index >= 15 is 0 Å². The Morgan fingerprint density at radius 1 is 0.795 bits per heavy atom. The second kappa shape index (κ2) is 11.4. The Labute approximate surface area is 229 Å². The van der Waals surface area contributed by atoms with E-state index < -0.39 is 26.2 Å². The number of imidazole rings is 2. The first-order valence-electron chi connectivity index (χ1n) is 12.5. The molecule has 0 atom stereocenters. The van der Waals surface area contributed by atoms with Gasteiger partial charge in [-0.2, -0.15) is 25.4 Å². The van der Waals surface area contributed by atoms with E-state index in [4.69, 9.17) is 9.47 Å². The van der Waals surface area contributed by atoms with Crippen molar-refractivity contribution in [1.82, 2.24) is 26.5 Å². The maximum absolute atomic E-state index is 12.0. The number of hydrogen-bond donors (Lipinski definition) is 0. The molecule has 214 valence electrons. The molecule has 5 rings (SSSR count). The molecule has 0 saturated carbocycles. The minimum atomic E-state index is -3.51. The van der Waals surface area contributed by atoms with Gasteiger partial charge in [0.15, 0.2) is 5.79 Å². The van der Waals surface area contributed by atoms with Crippen LogP contribution in [0.25, 0.3) is 11.1 Å². The van der Waals surface area contributed by atoms with Gasteiger partial charge >= 0.3 is 20.4 Å². The van der Waals surface area contributed by atoms with Crippen LogP contribution >= 0.6 is 0 Å². The molecule has 13 nitrogen and oxygen atoms in total. The quantitative estimate of drug-likeness (QED) is 0.495. The Morgan fingerprint density at radius 3 is 1.72 bits per heavy atom. The van der Waals surface area contributed by atoms with Crippen LogP contribution in [-0.2, 0) is 34.7 Å². The number of Topliss-reactive ketones (excluding diaryl/α,β-unsaturated/α-hetero) is 1. The van der Waals surface area contributed by atoms with Crippen molar-refractivity contribution >= 4 is 37.3 Å². The van der Waals surface area contributed by atoms with Gasteiger partial charge in [0.25, 0.3) is 0 Å². The monoisotopic (exact) mass is 582 g/mol. The minimum absolute atomic E-state index is 0.207. The molecule has 2 aromatic heterocycles. The summed E-state index contributed by atoms with van der Waals surface area (Å²) in [4.78, 5) is 19.4. The van der Waals surface area contributed by atoms with Crippen molar-refractivity contribution in [2.75, 3.05) is 41.4 Å². The molecule has 0 amide bonds. The van der Waals surface area contributed by atoms with Crippen LogP contribution in [0.3, 0.4) is 0 Å². The van der Waals surface area contributed by atoms with Gasteiger partial charge in [-0.3, -0.25) is 4.79 Å². The molecule has 3 heterocycles. The van der Waals surface area contributed by atoms with Crippen LogP contribution in [0.4, 0.5) is 0 Å². The highest BCUT2D eigenvalue weighted by molar-refractivity contribution is 7.87. The zero-order valence-corrected chi connectivity index (χ0v) is 24.1. The Morgan fingerprint density at radius 2 is 1.31 bits per heavy atom. The van der Waals surface area contributed by atoms with E-state index in [0.29, 0.717) is 50.3 Å². The van der Waals surface area contributed by atoms with Crippen molar-refractivity contribution in [3.8, 4) is 0 Å². The average molecular weight is 583 g/mol. The number of nitrogens with zero attached hydrogens (tertiary/aromatic N) is 6. The average Bonchev–Trinajstić information content (AvgIpc) is 3.67. The second-order valence-electron chi connectivity index (χ2n) is 9.77. The number of aromatic nitrogens is 4. The Hall–Kier alpha value is -2.69. The van der Waals surface area contributed by atoms with Gasteiger partial charge in [0.05, 0.1) is 24.6 Å². The highest BCUT2D eigenvalue weighted by atomic mass is 32.2. The van der Waals surface area contributed by atoms with E-state index in [9.17, 15) is 21.6 Å². The summed E-state index contributed by atoms with van der Waals surface area (Å²) >= 11 is 0. The SMILES string of the molecule is CN(C)S(=O)(=O)n1cnc(C2=CCC(=O)CC2)c1.CN(C)S(=O)(=O)n1cnc(C2=CCC3(CC2)OCCO3)c1. The topological polar surface area (TPSA) is 146 Å². The maximum Gasteiger partial charge on any atom is 0.308 e. The van der Waals surface area contributed by atoms with Crippen LogP contribution in [-0.4, -0.2) is 96.3 Å². The first-order chi connectivity index (χ1) is 18.3. The van der Waals surface area contributed by atoms with Gasteiger partial charge in [0.2, 0.25) is 0 Å². The number of carbonyl (C=O) groups excluding carboxylic acids is 1. The summed E-state index contributed by atoms with van der Waals surface area (Å²) in [6, 6.07) is 0. The molecule has 1 fully saturated rings. The smallest absolute Gasteiger partial charge is 0.308 e. The largest absolute Gasteiger partial charge is 0.347 e. The van der Waals surface area contributed by atoms with Crippen molar-refractivity contribution in [2.45, 2.75) is 44.3 Å². The summed E-state index contributed by atoms with van der Waals surface area (Å²) in [7, 11) is -1.10. The van der Waals surface area contributed by atoms with Crippen molar-refractivity contribution in [3.05, 3.63) is 48.6 Å². The second-order valence-corrected chi connectivity index (χ2v) is 13.9. The van der Waals surface area contributed by atoms with Gasteiger partial charge in [-0.25, -0.2) is 17.9 Å². The summed E-state index contributed by atoms with van der Waals surface area (Å²) < 4.78 is 63.6. The molecule has 3 aliphatic rings. The molecule has 15 heteroatoms. The Kier molecular flexibility index (Phi) is 8.58. The molecule has 1 saturated heterocycles. The number of hydrogen-bond acceptors (Lipinski definition) is 9. The molecular formula is C24H34N6O7S2. The van der Waals surface area contributed by atoms with Crippen molar-refractivity contribution in [1.29, 1.82) is 0 Å². The lowest BCUT2D eigenvalue weighted by molar-refractivity contribution is -0.159. The van der Waals surface area contributed by atoms with Gasteiger partial charge in [0, 0.05) is 66.3 Å². The maximum atomic E-state index is 12.0. The summed E-state index contributed by atoms with van der Waals surface area (Å²) in [6.07, 6.45) is 13.2. The fraction of sp³-hybridized carbons (Fsp3) is 0.542. The zero-order valence-electron chi connectivity index (χ0n) is 22.5. The van der Waals surface area contributed by atoms with E-state index in [1.807, 2.05) is 12.2 Å². The minimum Gasteiger partial charge on any atom is -0.347 e. The number of carbonyl (C=O) groups is 1. The highest BCUT2D eigenvalue weighted by Crippen LogP contribution is 2.37. The van der Waals surface area contributed by atoms with Crippen LogP contribution in [0, 0.1) is 0 Å². The van der Waals surface area contributed by atoms with E-state index in [2.05, 4.69) is 9.97 Å². The van der Waals surface area contributed by atoms with Gasteiger partial charge in [-0.15, -0.1) is 0 Å². The lowest BCUT2D eigenvalue weighted by atomic mass is 9.92. The van der Waals surface area contributed by atoms with Crippen LogP contribution in [0.15, 0.2) is 37.2 Å². The first-order valence-corrected chi connectivity index (χ1v) is 15.3. The first kappa shape index (κ1) is 29.3. The van der Waals surface area contributed by atoms with E-state index in [1.165, 1.54) is 47.0 Å². The molecule has 1 spiro atoms. The molecule has 1 aliphatic heterocycles. The fourth-order valence-electron chi connectivity index (χ4n) is 4.32. The third kappa shape index (κ3) is 6.39. The van der Waals surface area contributed by atoms with Crippen LogP contribution in [0.2, 0.25) is 0 Å². The number of rotatable bonds is 6. The lowest BCUT2D eigenvalue weighted by Gasteiger charge is -2.30. The summed E-state index contributed by atoms with van der Waals surface area (Å²) in [6.45, 7) is 1.28. The summed E-state index contributed by atoms with van der Waals surface area (Å²) in [5.74, 6) is -0.263. The van der Waals surface area contributed by atoms with Gasteiger partial charge in [-0.05, 0) is 24.0 Å².